The Bertz CT molecular complexity index is 329. The van der Waals surface area contributed by atoms with Crippen molar-refractivity contribution in [1.29, 1.82) is 0 Å². The summed E-state index contributed by atoms with van der Waals surface area (Å²) in [7, 11) is 0. The minimum atomic E-state index is -0.235. The molecule has 0 aromatic heterocycles. The van der Waals surface area contributed by atoms with E-state index >= 15 is 0 Å². The van der Waals surface area contributed by atoms with Crippen LogP contribution in [0.2, 0.25) is 0 Å². The second-order valence-electron chi connectivity index (χ2n) is 4.44. The maximum Gasteiger partial charge on any atom is 0.333 e. The predicted molar refractivity (Wildman–Crippen MR) is 72.8 cm³/mol. The third-order valence-corrected chi connectivity index (χ3v) is 2.49. The number of rotatable bonds is 6. The molecule has 17 heavy (non-hydrogen) atoms. The molecule has 0 saturated carbocycles. The van der Waals surface area contributed by atoms with Crippen LogP contribution in [0.5, 0.6) is 0 Å². The lowest BCUT2D eigenvalue weighted by Gasteiger charge is -2.03. The van der Waals surface area contributed by atoms with E-state index in [0.717, 1.165) is 12.8 Å². The molecule has 0 bridgehead atoms. The van der Waals surface area contributed by atoms with Crippen molar-refractivity contribution in [3.63, 3.8) is 0 Å². The summed E-state index contributed by atoms with van der Waals surface area (Å²) in [5.74, 6) is -0.235. The van der Waals surface area contributed by atoms with Gasteiger partial charge in [-0.3, -0.25) is 0 Å². The van der Waals surface area contributed by atoms with Crippen LogP contribution in [0.1, 0.15) is 47.5 Å². The summed E-state index contributed by atoms with van der Waals surface area (Å²) in [6, 6.07) is 0. The first-order valence-corrected chi connectivity index (χ1v) is 6.06. The molecule has 0 radical (unpaired) electrons. The number of allylic oxidation sites excluding steroid dienone is 4. The van der Waals surface area contributed by atoms with Gasteiger partial charge in [0.15, 0.2) is 0 Å². The lowest BCUT2D eigenvalue weighted by atomic mass is 10.1. The lowest BCUT2D eigenvalue weighted by molar-refractivity contribution is -0.137. The Balaban J connectivity index is 3.92. The lowest BCUT2D eigenvalue weighted by Crippen LogP contribution is -2.05. The molecule has 0 spiro atoms. The Hall–Kier alpha value is -1.31. The standard InChI is InChI=1S/C15H24O2/c1-6-14(5)15(16)17-11-10-13(4)9-7-8-12(2)3/h6,8,10H,7,9,11H2,1-5H3/b13-10?,14-6+. The van der Waals surface area contributed by atoms with E-state index in [4.69, 9.17) is 4.74 Å². The van der Waals surface area contributed by atoms with Gasteiger partial charge in [0.2, 0.25) is 0 Å². The first-order valence-electron chi connectivity index (χ1n) is 6.06. The minimum Gasteiger partial charge on any atom is -0.458 e. The fourth-order valence-corrected chi connectivity index (χ4v) is 1.18. The van der Waals surface area contributed by atoms with E-state index in [1.54, 1.807) is 13.0 Å². The van der Waals surface area contributed by atoms with E-state index < -0.39 is 0 Å². The van der Waals surface area contributed by atoms with Crippen LogP contribution in [0.15, 0.2) is 34.9 Å². The van der Waals surface area contributed by atoms with Crippen molar-refractivity contribution in [2.75, 3.05) is 6.61 Å². The van der Waals surface area contributed by atoms with Crippen molar-refractivity contribution in [2.24, 2.45) is 0 Å². The highest BCUT2D eigenvalue weighted by atomic mass is 16.5. The maximum atomic E-state index is 11.3. The van der Waals surface area contributed by atoms with Crippen molar-refractivity contribution in [3.8, 4) is 0 Å². The number of carbonyl (C=O) groups excluding carboxylic acids is 1. The number of ether oxygens (including phenoxy) is 1. The predicted octanol–water partition coefficient (Wildman–Crippen LogP) is 4.19. The summed E-state index contributed by atoms with van der Waals surface area (Å²) in [5.41, 5.74) is 3.25. The first kappa shape index (κ1) is 15.7. The third kappa shape index (κ3) is 8.49. The largest absolute Gasteiger partial charge is 0.458 e. The zero-order chi connectivity index (χ0) is 13.3. The van der Waals surface area contributed by atoms with Gasteiger partial charge in [-0.05, 0) is 53.5 Å². The van der Waals surface area contributed by atoms with Gasteiger partial charge in [0.05, 0.1) is 0 Å². The highest BCUT2D eigenvalue weighted by Gasteiger charge is 2.02. The molecule has 96 valence electrons. The Labute approximate surface area is 105 Å². The average molecular weight is 236 g/mol. The van der Waals surface area contributed by atoms with Crippen molar-refractivity contribution >= 4 is 5.97 Å². The summed E-state index contributed by atoms with van der Waals surface area (Å²) in [6.45, 7) is 10.2. The second kappa shape index (κ2) is 8.80. The molecule has 0 aromatic rings. The van der Waals surface area contributed by atoms with Crippen molar-refractivity contribution < 1.29 is 9.53 Å². The molecular weight excluding hydrogens is 212 g/mol. The number of hydrogen-bond acceptors (Lipinski definition) is 2. The molecule has 0 aromatic carbocycles. The second-order valence-corrected chi connectivity index (χ2v) is 4.44. The highest BCUT2D eigenvalue weighted by molar-refractivity contribution is 5.87. The summed E-state index contributed by atoms with van der Waals surface area (Å²) < 4.78 is 5.09. The molecule has 0 rings (SSSR count). The van der Waals surface area contributed by atoms with E-state index in [-0.39, 0.29) is 5.97 Å². The van der Waals surface area contributed by atoms with Crippen LogP contribution in [0, 0.1) is 0 Å². The molecule has 2 nitrogen and oxygen atoms in total. The van der Waals surface area contributed by atoms with Crippen LogP contribution in [-0.4, -0.2) is 12.6 Å². The quantitative estimate of drug-likeness (QED) is 0.393. The maximum absolute atomic E-state index is 11.3. The van der Waals surface area contributed by atoms with Gasteiger partial charge in [-0.25, -0.2) is 4.79 Å². The summed E-state index contributed by atoms with van der Waals surface area (Å²) in [4.78, 5) is 11.3. The molecule has 0 aliphatic carbocycles. The minimum absolute atomic E-state index is 0.235. The van der Waals surface area contributed by atoms with Crippen molar-refractivity contribution in [3.05, 3.63) is 34.9 Å². The summed E-state index contributed by atoms with van der Waals surface area (Å²) in [6.07, 6.45) is 8.01. The monoisotopic (exact) mass is 236 g/mol. The third-order valence-electron chi connectivity index (χ3n) is 2.49. The number of carbonyl (C=O) groups is 1. The van der Waals surface area contributed by atoms with Crippen LogP contribution in [0.4, 0.5) is 0 Å². The molecule has 0 aliphatic rings. The highest BCUT2D eigenvalue weighted by Crippen LogP contribution is 2.06. The Morgan fingerprint density at radius 1 is 1.12 bits per heavy atom. The zero-order valence-corrected chi connectivity index (χ0v) is 11.7. The number of esters is 1. The van der Waals surface area contributed by atoms with Gasteiger partial charge >= 0.3 is 5.97 Å². The van der Waals surface area contributed by atoms with Gasteiger partial charge in [0.1, 0.15) is 6.61 Å². The van der Waals surface area contributed by atoms with Crippen LogP contribution in [0.25, 0.3) is 0 Å². The Kier molecular flexibility index (Phi) is 8.12. The SMILES string of the molecule is C/C=C(\C)C(=O)OCC=C(C)CCC=C(C)C. The van der Waals surface area contributed by atoms with Crippen LogP contribution in [-0.2, 0) is 9.53 Å². The van der Waals surface area contributed by atoms with Gasteiger partial charge in [-0.1, -0.05) is 23.3 Å². The molecule has 0 amide bonds. The van der Waals surface area contributed by atoms with E-state index in [0.29, 0.717) is 12.2 Å². The molecule has 0 fully saturated rings. The van der Waals surface area contributed by atoms with E-state index in [1.165, 1.54) is 11.1 Å². The van der Waals surface area contributed by atoms with Gasteiger partial charge in [-0.15, -0.1) is 0 Å². The molecule has 2 heteroatoms. The fourth-order valence-electron chi connectivity index (χ4n) is 1.18. The van der Waals surface area contributed by atoms with Gasteiger partial charge in [0.25, 0.3) is 0 Å². The van der Waals surface area contributed by atoms with E-state index in [9.17, 15) is 4.79 Å². The Morgan fingerprint density at radius 3 is 2.29 bits per heavy atom. The van der Waals surface area contributed by atoms with E-state index in [2.05, 4.69) is 26.8 Å². The first-order chi connectivity index (χ1) is 7.97. The van der Waals surface area contributed by atoms with Gasteiger partial charge in [0, 0.05) is 5.57 Å². The average Bonchev–Trinajstić information content (AvgIpc) is 2.27. The normalized spacial score (nSPS) is 12.3. The molecule has 0 atom stereocenters. The summed E-state index contributed by atoms with van der Waals surface area (Å²) in [5, 5.41) is 0. The molecule has 0 unspecified atom stereocenters. The van der Waals surface area contributed by atoms with Gasteiger partial charge < -0.3 is 4.74 Å². The number of hydrogen-bond donors (Lipinski definition) is 0. The summed E-state index contributed by atoms with van der Waals surface area (Å²) >= 11 is 0. The van der Waals surface area contributed by atoms with Crippen LogP contribution < -0.4 is 0 Å². The fraction of sp³-hybridized carbons (Fsp3) is 0.533. The van der Waals surface area contributed by atoms with Crippen molar-refractivity contribution in [2.45, 2.75) is 47.5 Å². The van der Waals surface area contributed by atoms with Crippen LogP contribution in [0.3, 0.4) is 0 Å². The molecule has 0 N–H and O–H groups in total. The molecule has 0 saturated heterocycles. The van der Waals surface area contributed by atoms with Crippen molar-refractivity contribution in [1.82, 2.24) is 0 Å². The van der Waals surface area contributed by atoms with E-state index in [1.807, 2.05) is 13.0 Å². The smallest absolute Gasteiger partial charge is 0.333 e. The molecule has 0 aliphatic heterocycles. The van der Waals surface area contributed by atoms with Crippen LogP contribution >= 0.6 is 0 Å². The van der Waals surface area contributed by atoms with Gasteiger partial charge in [-0.2, -0.15) is 0 Å². The zero-order valence-electron chi connectivity index (χ0n) is 11.7. The molecular formula is C15H24O2. The topological polar surface area (TPSA) is 26.3 Å². The molecule has 0 heterocycles. The Morgan fingerprint density at radius 2 is 1.76 bits per heavy atom.